The summed E-state index contributed by atoms with van der Waals surface area (Å²) in [5.74, 6) is -1.13. The largest absolute Gasteiger partial charge is 0.481 e. The Balaban J connectivity index is 2.31. The molecule has 0 aromatic rings. The van der Waals surface area contributed by atoms with Crippen LogP contribution in [0, 0.1) is 11.8 Å². The van der Waals surface area contributed by atoms with Gasteiger partial charge in [0.25, 0.3) is 0 Å². The minimum Gasteiger partial charge on any atom is -0.481 e. The van der Waals surface area contributed by atoms with E-state index in [9.17, 15) is 9.59 Å². The van der Waals surface area contributed by atoms with Crippen molar-refractivity contribution in [2.45, 2.75) is 71.3 Å². The summed E-state index contributed by atoms with van der Waals surface area (Å²) < 4.78 is 0. The third-order valence-corrected chi connectivity index (χ3v) is 4.02. The molecule has 0 heterocycles. The number of carboxylic acids is 1. The van der Waals surface area contributed by atoms with Gasteiger partial charge >= 0.3 is 5.97 Å². The smallest absolute Gasteiger partial charge is 0.306 e. The second-order valence-electron chi connectivity index (χ2n) is 5.98. The number of amides is 1. The van der Waals surface area contributed by atoms with E-state index >= 15 is 0 Å². The summed E-state index contributed by atoms with van der Waals surface area (Å²) in [4.78, 5) is 22.9. The summed E-state index contributed by atoms with van der Waals surface area (Å²) in [5, 5.41) is 12.1. The molecular weight excluding hydrogens is 242 g/mol. The first kappa shape index (κ1) is 16.0. The molecule has 1 saturated carbocycles. The second-order valence-corrected chi connectivity index (χ2v) is 5.98. The highest BCUT2D eigenvalue weighted by Gasteiger charge is 2.23. The van der Waals surface area contributed by atoms with Crippen LogP contribution in [0.4, 0.5) is 0 Å². The van der Waals surface area contributed by atoms with Crippen molar-refractivity contribution in [3.63, 3.8) is 0 Å². The summed E-state index contributed by atoms with van der Waals surface area (Å²) in [6.45, 7) is 3.78. The zero-order valence-electron chi connectivity index (χ0n) is 12.2. The average molecular weight is 269 g/mol. The highest BCUT2D eigenvalue weighted by Crippen LogP contribution is 2.19. The predicted molar refractivity (Wildman–Crippen MR) is 74.8 cm³/mol. The fourth-order valence-corrected chi connectivity index (χ4v) is 2.75. The SMILES string of the molecule is CC(C)C(CCC(=O)NC1CCCCCC1)C(=O)O. The molecule has 0 aromatic heterocycles. The van der Waals surface area contributed by atoms with Crippen LogP contribution in [0.2, 0.25) is 0 Å². The lowest BCUT2D eigenvalue weighted by atomic mass is 9.91. The Morgan fingerprint density at radius 2 is 1.74 bits per heavy atom. The van der Waals surface area contributed by atoms with Gasteiger partial charge in [-0.05, 0) is 25.2 Å². The molecule has 1 rings (SSSR count). The number of nitrogens with one attached hydrogen (secondary N) is 1. The zero-order valence-corrected chi connectivity index (χ0v) is 12.2. The molecule has 0 bridgehead atoms. The minimum absolute atomic E-state index is 0.0128. The molecule has 1 aliphatic rings. The Labute approximate surface area is 116 Å². The molecule has 0 saturated heterocycles. The fourth-order valence-electron chi connectivity index (χ4n) is 2.75. The van der Waals surface area contributed by atoms with Gasteiger partial charge in [0.05, 0.1) is 5.92 Å². The molecule has 4 heteroatoms. The van der Waals surface area contributed by atoms with Gasteiger partial charge in [0, 0.05) is 12.5 Å². The minimum atomic E-state index is -0.794. The molecular formula is C15H27NO3. The lowest BCUT2D eigenvalue weighted by molar-refractivity contribution is -0.143. The van der Waals surface area contributed by atoms with Crippen molar-refractivity contribution in [2.24, 2.45) is 11.8 Å². The van der Waals surface area contributed by atoms with E-state index in [1.807, 2.05) is 13.8 Å². The van der Waals surface area contributed by atoms with Gasteiger partial charge in [0.2, 0.25) is 5.91 Å². The third kappa shape index (κ3) is 6.08. The van der Waals surface area contributed by atoms with Crippen molar-refractivity contribution >= 4 is 11.9 Å². The Bertz CT molecular complexity index is 294. The molecule has 1 aliphatic carbocycles. The predicted octanol–water partition coefficient (Wildman–Crippen LogP) is 2.96. The molecule has 0 radical (unpaired) electrons. The molecule has 1 unspecified atom stereocenters. The van der Waals surface area contributed by atoms with Gasteiger partial charge in [0.1, 0.15) is 0 Å². The molecule has 0 aliphatic heterocycles. The highest BCUT2D eigenvalue weighted by atomic mass is 16.4. The second kappa shape index (κ2) is 8.18. The molecule has 1 fully saturated rings. The molecule has 110 valence electrons. The van der Waals surface area contributed by atoms with Crippen LogP contribution in [0.15, 0.2) is 0 Å². The lowest BCUT2D eigenvalue weighted by Crippen LogP contribution is -2.35. The first-order valence-electron chi connectivity index (χ1n) is 7.53. The van der Waals surface area contributed by atoms with Gasteiger partial charge in [-0.3, -0.25) is 9.59 Å². The van der Waals surface area contributed by atoms with Crippen LogP contribution < -0.4 is 5.32 Å². The van der Waals surface area contributed by atoms with E-state index in [1.54, 1.807) is 0 Å². The topological polar surface area (TPSA) is 66.4 Å². The van der Waals surface area contributed by atoms with E-state index in [4.69, 9.17) is 5.11 Å². The molecule has 2 N–H and O–H groups in total. The lowest BCUT2D eigenvalue weighted by Gasteiger charge is -2.18. The van der Waals surface area contributed by atoms with Gasteiger partial charge in [-0.15, -0.1) is 0 Å². The Hall–Kier alpha value is -1.06. The van der Waals surface area contributed by atoms with Crippen molar-refractivity contribution in [1.82, 2.24) is 5.32 Å². The first-order chi connectivity index (χ1) is 9.00. The van der Waals surface area contributed by atoms with Gasteiger partial charge in [-0.2, -0.15) is 0 Å². The van der Waals surface area contributed by atoms with Gasteiger partial charge in [-0.25, -0.2) is 0 Å². The Kier molecular flexibility index (Phi) is 6.89. The normalized spacial score (nSPS) is 18.9. The zero-order chi connectivity index (χ0) is 14.3. The summed E-state index contributed by atoms with van der Waals surface area (Å²) in [5.41, 5.74) is 0. The summed E-state index contributed by atoms with van der Waals surface area (Å²) in [6, 6.07) is 0.303. The van der Waals surface area contributed by atoms with E-state index in [2.05, 4.69) is 5.32 Å². The number of rotatable bonds is 6. The molecule has 1 amide bonds. The summed E-state index contributed by atoms with van der Waals surface area (Å²) in [7, 11) is 0. The van der Waals surface area contributed by atoms with E-state index in [0.717, 1.165) is 12.8 Å². The first-order valence-corrected chi connectivity index (χ1v) is 7.53. The maximum Gasteiger partial charge on any atom is 0.306 e. The van der Waals surface area contributed by atoms with Crippen molar-refractivity contribution in [2.75, 3.05) is 0 Å². The number of carbonyl (C=O) groups is 2. The van der Waals surface area contributed by atoms with Crippen LogP contribution in [-0.4, -0.2) is 23.0 Å². The highest BCUT2D eigenvalue weighted by molar-refractivity contribution is 5.77. The van der Waals surface area contributed by atoms with Gasteiger partial charge < -0.3 is 10.4 Å². The molecule has 1 atom stereocenters. The van der Waals surface area contributed by atoms with Crippen molar-refractivity contribution < 1.29 is 14.7 Å². The van der Waals surface area contributed by atoms with Gasteiger partial charge in [-0.1, -0.05) is 39.5 Å². The van der Waals surface area contributed by atoms with Crippen molar-refractivity contribution in [3.8, 4) is 0 Å². The third-order valence-electron chi connectivity index (χ3n) is 4.02. The molecule has 19 heavy (non-hydrogen) atoms. The Morgan fingerprint density at radius 1 is 1.16 bits per heavy atom. The number of carbonyl (C=O) groups excluding carboxylic acids is 1. The molecule has 0 spiro atoms. The van der Waals surface area contributed by atoms with Crippen LogP contribution in [0.1, 0.15) is 65.2 Å². The Morgan fingerprint density at radius 3 is 2.21 bits per heavy atom. The summed E-state index contributed by atoms with van der Waals surface area (Å²) >= 11 is 0. The van der Waals surface area contributed by atoms with Crippen molar-refractivity contribution in [1.29, 1.82) is 0 Å². The summed E-state index contributed by atoms with van der Waals surface area (Å²) in [6.07, 6.45) is 7.80. The fraction of sp³-hybridized carbons (Fsp3) is 0.867. The van der Waals surface area contributed by atoms with Crippen LogP contribution in [0.5, 0.6) is 0 Å². The van der Waals surface area contributed by atoms with Crippen LogP contribution >= 0.6 is 0 Å². The quantitative estimate of drug-likeness (QED) is 0.728. The molecule has 4 nitrogen and oxygen atoms in total. The van der Waals surface area contributed by atoms with E-state index in [-0.39, 0.29) is 11.8 Å². The van der Waals surface area contributed by atoms with Gasteiger partial charge in [0.15, 0.2) is 0 Å². The monoisotopic (exact) mass is 269 g/mol. The van der Waals surface area contributed by atoms with Crippen LogP contribution in [0.3, 0.4) is 0 Å². The number of aliphatic carboxylic acids is 1. The molecule has 0 aromatic carbocycles. The number of hydrogen-bond donors (Lipinski definition) is 2. The number of carboxylic acid groups (broad SMARTS) is 1. The van der Waals surface area contributed by atoms with Crippen LogP contribution in [0.25, 0.3) is 0 Å². The maximum atomic E-state index is 11.9. The van der Waals surface area contributed by atoms with E-state index in [0.29, 0.717) is 18.9 Å². The van der Waals surface area contributed by atoms with Crippen molar-refractivity contribution in [3.05, 3.63) is 0 Å². The standard InChI is InChI=1S/C15H27NO3/c1-11(2)13(15(18)19)9-10-14(17)16-12-7-5-3-4-6-8-12/h11-13H,3-10H2,1-2H3,(H,16,17)(H,18,19). The average Bonchev–Trinajstić information content (AvgIpc) is 2.56. The van der Waals surface area contributed by atoms with E-state index < -0.39 is 11.9 Å². The number of hydrogen-bond acceptors (Lipinski definition) is 2. The maximum absolute atomic E-state index is 11.9. The van der Waals surface area contributed by atoms with Crippen LogP contribution in [-0.2, 0) is 9.59 Å². The van der Waals surface area contributed by atoms with E-state index in [1.165, 1.54) is 25.7 Å².